The summed E-state index contributed by atoms with van der Waals surface area (Å²) in [5, 5.41) is 11.0. The van der Waals surface area contributed by atoms with Gasteiger partial charge in [0.15, 0.2) is 5.65 Å². The van der Waals surface area contributed by atoms with Crippen molar-refractivity contribution in [2.75, 3.05) is 0 Å². The molecule has 1 amide bonds. The molecule has 7 heteroatoms. The standard InChI is InChI=1S/C47H51N5O2/c1-2-3-4-5-6-7-8-9-10-11-12-13-14-15-16-17-18-19-23-27-43(53)49-47(33-24-34-47)39-30-28-38(29-31-39)44-40(37-25-21-20-22-26-37)36-41-42(48-44)32-35-52-45(41)50-51-46(52)54/h3-4,6-7,9-10,12-13,15-16,18-22,25-26,28-32,35-36H,2,5,8,11,14,17,23-24,27,33-34H2,1H3,(H,49,53)(H,51,54)/b4-3-,7-6-,10-9-,13-12-,16-15-,19-18-. The lowest BCUT2D eigenvalue weighted by Gasteiger charge is -2.43. The number of hydrogen-bond donors (Lipinski definition) is 2. The van der Waals surface area contributed by atoms with E-state index in [1.807, 2.05) is 24.3 Å². The van der Waals surface area contributed by atoms with Crippen LogP contribution in [0.2, 0.25) is 0 Å². The molecule has 6 rings (SSSR count). The normalized spacial score (nSPS) is 14.6. The molecule has 7 nitrogen and oxygen atoms in total. The first-order valence-electron chi connectivity index (χ1n) is 19.4. The molecule has 0 spiro atoms. The van der Waals surface area contributed by atoms with Crippen LogP contribution in [0.5, 0.6) is 0 Å². The summed E-state index contributed by atoms with van der Waals surface area (Å²) < 4.78 is 1.50. The summed E-state index contributed by atoms with van der Waals surface area (Å²) in [5.41, 5.74) is 5.65. The summed E-state index contributed by atoms with van der Waals surface area (Å²) >= 11 is 0. The van der Waals surface area contributed by atoms with E-state index in [1.54, 1.807) is 6.20 Å². The average molecular weight is 718 g/mol. The molecular weight excluding hydrogens is 667 g/mol. The van der Waals surface area contributed by atoms with Gasteiger partial charge in [-0.05, 0) is 87.5 Å². The van der Waals surface area contributed by atoms with Crippen LogP contribution in [-0.2, 0) is 10.3 Å². The van der Waals surface area contributed by atoms with E-state index in [2.05, 4.69) is 138 Å². The lowest BCUT2D eigenvalue weighted by molar-refractivity contribution is -0.124. The van der Waals surface area contributed by atoms with Gasteiger partial charge < -0.3 is 5.32 Å². The van der Waals surface area contributed by atoms with Gasteiger partial charge >= 0.3 is 5.69 Å². The van der Waals surface area contributed by atoms with Crippen molar-refractivity contribution in [1.29, 1.82) is 0 Å². The van der Waals surface area contributed by atoms with Crippen LogP contribution >= 0.6 is 0 Å². The topological polar surface area (TPSA) is 92.2 Å². The van der Waals surface area contributed by atoms with Crippen molar-refractivity contribution in [3.05, 3.63) is 162 Å². The molecule has 2 aromatic carbocycles. The third-order valence-corrected chi connectivity index (χ3v) is 9.89. The second kappa shape index (κ2) is 19.3. The zero-order valence-corrected chi connectivity index (χ0v) is 31.3. The van der Waals surface area contributed by atoms with E-state index in [1.165, 1.54) is 4.40 Å². The summed E-state index contributed by atoms with van der Waals surface area (Å²) in [6.45, 7) is 2.15. The molecule has 1 aliphatic rings. The zero-order valence-electron chi connectivity index (χ0n) is 31.3. The Morgan fingerprint density at radius 1 is 0.778 bits per heavy atom. The number of rotatable bonds is 18. The Morgan fingerprint density at radius 3 is 1.98 bits per heavy atom. The molecule has 0 saturated heterocycles. The minimum atomic E-state index is -0.327. The maximum Gasteiger partial charge on any atom is 0.347 e. The van der Waals surface area contributed by atoms with Gasteiger partial charge in [0, 0.05) is 29.1 Å². The highest BCUT2D eigenvalue weighted by molar-refractivity contribution is 5.98. The number of H-pyrrole nitrogens is 1. The fraction of sp³-hybridized carbons (Fsp3) is 0.277. The molecule has 1 saturated carbocycles. The van der Waals surface area contributed by atoms with Gasteiger partial charge in [0.05, 0.1) is 16.7 Å². The Bertz CT molecular complexity index is 2230. The molecule has 5 aromatic rings. The van der Waals surface area contributed by atoms with Crippen molar-refractivity contribution in [2.45, 2.75) is 83.1 Å². The lowest BCUT2D eigenvalue weighted by atomic mass is 9.71. The maximum atomic E-state index is 13.1. The minimum absolute atomic E-state index is 0.0876. The molecule has 3 aromatic heterocycles. The van der Waals surface area contributed by atoms with E-state index in [9.17, 15) is 9.59 Å². The molecule has 0 unspecified atom stereocenters. The van der Waals surface area contributed by atoms with Crippen LogP contribution in [0, 0.1) is 0 Å². The predicted octanol–water partition coefficient (Wildman–Crippen LogP) is 10.9. The minimum Gasteiger partial charge on any atom is -0.347 e. The summed E-state index contributed by atoms with van der Waals surface area (Å²) in [4.78, 5) is 30.4. The fourth-order valence-electron chi connectivity index (χ4n) is 6.82. The molecule has 0 atom stereocenters. The first-order valence-corrected chi connectivity index (χ1v) is 19.4. The number of amides is 1. The molecule has 276 valence electrons. The summed E-state index contributed by atoms with van der Waals surface area (Å²) in [6.07, 6.45) is 38.0. The van der Waals surface area contributed by atoms with Crippen molar-refractivity contribution < 1.29 is 4.79 Å². The van der Waals surface area contributed by atoms with Crippen LogP contribution in [0.4, 0.5) is 0 Å². The number of nitrogens with zero attached hydrogens (tertiary/aromatic N) is 3. The SMILES string of the molecule is CC/C=C\C/C=C\C/C=C\C/C=C\C/C=C\C/C=C\CCC(=O)NC1(c2ccc(-c3nc4ccn5c(=O)[nH]nc5c4cc3-c3ccccc3)cc2)CCC1. The fourth-order valence-corrected chi connectivity index (χ4v) is 6.82. The van der Waals surface area contributed by atoms with Crippen molar-refractivity contribution in [3.63, 3.8) is 0 Å². The number of fused-ring (bicyclic) bond motifs is 3. The number of allylic oxidation sites excluding steroid dienone is 12. The zero-order chi connectivity index (χ0) is 37.4. The number of carbonyl (C=O) groups excluding carboxylic acids is 1. The number of nitrogens with one attached hydrogen (secondary N) is 2. The van der Waals surface area contributed by atoms with Crippen molar-refractivity contribution in [2.24, 2.45) is 0 Å². The Hall–Kier alpha value is -5.82. The van der Waals surface area contributed by atoms with Crippen LogP contribution in [0.3, 0.4) is 0 Å². The van der Waals surface area contributed by atoms with Crippen LogP contribution in [0.25, 0.3) is 38.9 Å². The van der Waals surface area contributed by atoms with E-state index in [-0.39, 0.29) is 17.1 Å². The molecular formula is C47H51N5O2. The van der Waals surface area contributed by atoms with Crippen LogP contribution in [0.15, 0.2) is 151 Å². The molecule has 2 N–H and O–H groups in total. The van der Waals surface area contributed by atoms with Crippen molar-refractivity contribution in [1.82, 2.24) is 24.9 Å². The van der Waals surface area contributed by atoms with Crippen LogP contribution < -0.4 is 11.0 Å². The van der Waals surface area contributed by atoms with E-state index >= 15 is 0 Å². The number of pyridine rings is 2. The first kappa shape index (κ1) is 37.9. The van der Waals surface area contributed by atoms with Gasteiger partial charge in [-0.2, -0.15) is 5.10 Å². The van der Waals surface area contributed by atoms with Gasteiger partial charge in [-0.15, -0.1) is 0 Å². The maximum absolute atomic E-state index is 13.1. The Balaban J connectivity index is 0.993. The molecule has 0 aliphatic heterocycles. The number of benzene rings is 2. The molecule has 0 bridgehead atoms. The van der Waals surface area contributed by atoms with Gasteiger partial charge in [0.1, 0.15) is 0 Å². The largest absolute Gasteiger partial charge is 0.347 e. The number of carbonyl (C=O) groups is 1. The second-order valence-corrected chi connectivity index (χ2v) is 13.7. The third-order valence-electron chi connectivity index (χ3n) is 9.89. The number of aromatic amines is 1. The Morgan fingerprint density at radius 2 is 1.39 bits per heavy atom. The van der Waals surface area contributed by atoms with Gasteiger partial charge in [-0.1, -0.05) is 134 Å². The van der Waals surface area contributed by atoms with E-state index in [4.69, 9.17) is 4.98 Å². The molecule has 0 radical (unpaired) electrons. The molecule has 1 fully saturated rings. The molecule has 3 heterocycles. The van der Waals surface area contributed by atoms with Gasteiger partial charge in [-0.25, -0.2) is 19.3 Å². The Labute approximate surface area is 318 Å². The van der Waals surface area contributed by atoms with Crippen LogP contribution in [0.1, 0.15) is 83.1 Å². The summed E-state index contributed by atoms with van der Waals surface area (Å²) in [7, 11) is 0. The third kappa shape index (κ3) is 9.78. The smallest absolute Gasteiger partial charge is 0.347 e. The highest BCUT2D eigenvalue weighted by Gasteiger charge is 2.39. The van der Waals surface area contributed by atoms with E-state index in [0.29, 0.717) is 12.1 Å². The monoisotopic (exact) mass is 717 g/mol. The van der Waals surface area contributed by atoms with Crippen molar-refractivity contribution in [3.8, 4) is 22.4 Å². The Kier molecular flexibility index (Phi) is 13.6. The highest BCUT2D eigenvalue weighted by atomic mass is 16.2. The van der Waals surface area contributed by atoms with E-state index in [0.717, 1.165) is 103 Å². The molecule has 1 aliphatic carbocycles. The van der Waals surface area contributed by atoms with E-state index < -0.39 is 0 Å². The summed E-state index contributed by atoms with van der Waals surface area (Å²) in [5.74, 6) is 0.0876. The van der Waals surface area contributed by atoms with Gasteiger partial charge in [0.25, 0.3) is 0 Å². The highest BCUT2D eigenvalue weighted by Crippen LogP contribution is 2.42. The van der Waals surface area contributed by atoms with Gasteiger partial charge in [-0.3, -0.25) is 4.79 Å². The number of hydrogen-bond acceptors (Lipinski definition) is 4. The molecule has 54 heavy (non-hydrogen) atoms. The predicted molar refractivity (Wildman–Crippen MR) is 223 cm³/mol. The average Bonchev–Trinajstić information content (AvgIpc) is 3.57. The quantitative estimate of drug-likeness (QED) is 0.0883. The first-order chi connectivity index (χ1) is 26.6. The summed E-state index contributed by atoms with van der Waals surface area (Å²) in [6, 6.07) is 22.6. The lowest BCUT2D eigenvalue weighted by Crippen LogP contribution is -2.50. The number of aromatic nitrogens is 4. The second-order valence-electron chi connectivity index (χ2n) is 13.7. The van der Waals surface area contributed by atoms with Gasteiger partial charge in [0.2, 0.25) is 5.91 Å². The van der Waals surface area contributed by atoms with Crippen LogP contribution in [-0.4, -0.2) is 25.5 Å². The van der Waals surface area contributed by atoms with Crippen molar-refractivity contribution >= 4 is 22.5 Å².